The summed E-state index contributed by atoms with van der Waals surface area (Å²) in [6.07, 6.45) is 0. The van der Waals surface area contributed by atoms with E-state index < -0.39 is 0 Å². The predicted molar refractivity (Wildman–Crippen MR) is 192 cm³/mol. The van der Waals surface area contributed by atoms with E-state index in [1.165, 1.54) is 0 Å². The molecule has 8 rings (SSSR count). The molecule has 8 aromatic rings. The largest absolute Gasteiger partial charge is 0.244 e. The molecule has 0 aliphatic heterocycles. The van der Waals surface area contributed by atoms with E-state index >= 15 is 0 Å². The number of benzene rings is 6. The Morgan fingerprint density at radius 3 is 1.46 bits per heavy atom. The molecule has 224 valence electrons. The zero-order chi connectivity index (χ0) is 32.3. The molecule has 0 aliphatic carbocycles. The maximum atomic E-state index is 9.35. The average Bonchev–Trinajstić information content (AvgIpc) is 3.18. The van der Waals surface area contributed by atoms with Crippen molar-refractivity contribution in [2.45, 2.75) is 0 Å². The smallest absolute Gasteiger partial charge is 0.160 e. The lowest BCUT2D eigenvalue weighted by molar-refractivity contribution is 1.18. The van der Waals surface area contributed by atoms with Crippen molar-refractivity contribution >= 4 is 11.0 Å². The topological polar surface area (TPSA) is 75.3 Å². The Hall–Kier alpha value is -6.77. The minimum Gasteiger partial charge on any atom is -0.244 e. The fourth-order valence-corrected chi connectivity index (χ4v) is 5.88. The van der Waals surface area contributed by atoms with E-state index in [2.05, 4.69) is 72.8 Å². The zero-order valence-corrected chi connectivity index (χ0v) is 25.8. The Balaban J connectivity index is 1.23. The Labute approximate surface area is 278 Å². The van der Waals surface area contributed by atoms with Crippen molar-refractivity contribution in [3.63, 3.8) is 0 Å². The third-order valence-electron chi connectivity index (χ3n) is 8.31. The second-order valence-electron chi connectivity index (χ2n) is 11.5. The van der Waals surface area contributed by atoms with Crippen molar-refractivity contribution in [3.05, 3.63) is 169 Å². The quantitative estimate of drug-likeness (QED) is 0.187. The zero-order valence-electron chi connectivity index (χ0n) is 25.8. The van der Waals surface area contributed by atoms with Crippen LogP contribution in [0.1, 0.15) is 5.56 Å². The van der Waals surface area contributed by atoms with Crippen molar-refractivity contribution in [1.82, 2.24) is 19.9 Å². The summed E-state index contributed by atoms with van der Waals surface area (Å²) in [4.78, 5) is 20.1. The number of hydrogen-bond donors (Lipinski definition) is 0. The molecule has 48 heavy (non-hydrogen) atoms. The minimum absolute atomic E-state index is 0.603. The van der Waals surface area contributed by atoms with E-state index in [9.17, 15) is 5.26 Å². The third kappa shape index (κ3) is 5.71. The number of nitriles is 1. The number of nitrogens with zero attached hydrogens (tertiary/aromatic N) is 5. The van der Waals surface area contributed by atoms with Gasteiger partial charge in [-0.3, -0.25) is 0 Å². The van der Waals surface area contributed by atoms with Gasteiger partial charge in [-0.2, -0.15) is 5.26 Å². The molecular weight excluding hydrogens is 587 g/mol. The summed E-state index contributed by atoms with van der Waals surface area (Å²) in [7, 11) is 0. The number of aromatic nitrogens is 4. The molecule has 0 saturated heterocycles. The first-order valence-corrected chi connectivity index (χ1v) is 15.7. The molecule has 0 saturated carbocycles. The second kappa shape index (κ2) is 12.6. The lowest BCUT2D eigenvalue weighted by Gasteiger charge is -2.13. The highest BCUT2D eigenvalue weighted by atomic mass is 14.9. The van der Waals surface area contributed by atoms with E-state index in [-0.39, 0.29) is 0 Å². The van der Waals surface area contributed by atoms with Crippen molar-refractivity contribution < 1.29 is 0 Å². The van der Waals surface area contributed by atoms with E-state index in [1.807, 2.05) is 97.1 Å². The van der Waals surface area contributed by atoms with Gasteiger partial charge in [0.15, 0.2) is 5.82 Å². The van der Waals surface area contributed by atoms with Crippen LogP contribution >= 0.6 is 0 Å². The molecule has 5 heteroatoms. The Bertz CT molecular complexity index is 2390. The molecule has 0 unspecified atom stereocenters. The number of fused-ring (bicyclic) bond motifs is 1. The second-order valence-corrected chi connectivity index (χ2v) is 11.5. The molecule has 0 N–H and O–H groups in total. The number of para-hydroxylation sites is 2. The van der Waals surface area contributed by atoms with E-state index in [0.29, 0.717) is 11.4 Å². The summed E-state index contributed by atoms with van der Waals surface area (Å²) in [5.74, 6) is 0.685. The summed E-state index contributed by atoms with van der Waals surface area (Å²) in [5.41, 5.74) is 12.5. The molecule has 0 amide bonds. The van der Waals surface area contributed by atoms with Crippen molar-refractivity contribution in [3.8, 4) is 73.6 Å². The lowest BCUT2D eigenvalue weighted by Crippen LogP contribution is -1.96. The van der Waals surface area contributed by atoms with Crippen molar-refractivity contribution in [1.29, 1.82) is 5.26 Å². The Morgan fingerprint density at radius 2 is 0.833 bits per heavy atom. The van der Waals surface area contributed by atoms with E-state index in [0.717, 1.165) is 72.8 Å². The van der Waals surface area contributed by atoms with Gasteiger partial charge in [-0.1, -0.05) is 121 Å². The van der Waals surface area contributed by atoms with Gasteiger partial charge in [0.05, 0.1) is 45.4 Å². The molecule has 2 heterocycles. The van der Waals surface area contributed by atoms with Crippen LogP contribution in [0.15, 0.2) is 164 Å². The lowest BCUT2D eigenvalue weighted by atomic mass is 9.97. The first-order chi connectivity index (χ1) is 23.7. The van der Waals surface area contributed by atoms with Gasteiger partial charge in [0.1, 0.15) is 0 Å². The van der Waals surface area contributed by atoms with Gasteiger partial charge in [0, 0.05) is 27.8 Å². The fraction of sp³-hybridized carbons (Fsp3) is 0. The first-order valence-electron chi connectivity index (χ1n) is 15.7. The molecule has 0 bridgehead atoms. The summed E-state index contributed by atoms with van der Waals surface area (Å²) in [6, 6.07) is 56.8. The monoisotopic (exact) mass is 613 g/mol. The van der Waals surface area contributed by atoms with Gasteiger partial charge in [0.25, 0.3) is 0 Å². The van der Waals surface area contributed by atoms with Crippen LogP contribution in [0.4, 0.5) is 0 Å². The highest BCUT2D eigenvalue weighted by Gasteiger charge is 2.15. The average molecular weight is 614 g/mol. The minimum atomic E-state index is 0.603. The van der Waals surface area contributed by atoms with Crippen LogP contribution in [0.25, 0.3) is 78.6 Å². The van der Waals surface area contributed by atoms with Gasteiger partial charge < -0.3 is 0 Å². The van der Waals surface area contributed by atoms with Gasteiger partial charge in [0.2, 0.25) is 0 Å². The predicted octanol–water partition coefficient (Wildman–Crippen LogP) is 10.3. The van der Waals surface area contributed by atoms with Crippen LogP contribution in [0.2, 0.25) is 0 Å². The highest BCUT2D eigenvalue weighted by Crippen LogP contribution is 2.35. The molecule has 0 atom stereocenters. The van der Waals surface area contributed by atoms with Crippen LogP contribution in [0, 0.1) is 11.3 Å². The molecular formula is C43H27N5. The van der Waals surface area contributed by atoms with Crippen LogP contribution in [0.3, 0.4) is 0 Å². The fourth-order valence-electron chi connectivity index (χ4n) is 5.88. The van der Waals surface area contributed by atoms with Crippen LogP contribution < -0.4 is 0 Å². The summed E-state index contributed by atoms with van der Waals surface area (Å²) < 4.78 is 0. The SMILES string of the molecule is N#Cc1ccc(-c2nc3ccccc3nc2-c2cccc(-c3cccc(-c4cc(-c5ccccc5)nc(-c5ccccc5)n4)c3)c2)cc1. The first kappa shape index (κ1) is 28.7. The molecule has 2 aromatic heterocycles. The third-order valence-corrected chi connectivity index (χ3v) is 8.31. The van der Waals surface area contributed by atoms with Gasteiger partial charge in [-0.05, 0) is 53.6 Å². The van der Waals surface area contributed by atoms with Crippen molar-refractivity contribution in [2.75, 3.05) is 0 Å². The van der Waals surface area contributed by atoms with E-state index in [1.54, 1.807) is 0 Å². The number of hydrogen-bond acceptors (Lipinski definition) is 5. The van der Waals surface area contributed by atoms with Gasteiger partial charge in [-0.15, -0.1) is 0 Å². The summed E-state index contributed by atoms with van der Waals surface area (Å²) in [6.45, 7) is 0. The molecule has 0 aliphatic rings. The normalized spacial score (nSPS) is 10.9. The van der Waals surface area contributed by atoms with Gasteiger partial charge >= 0.3 is 0 Å². The van der Waals surface area contributed by atoms with Gasteiger partial charge in [-0.25, -0.2) is 19.9 Å². The molecule has 0 radical (unpaired) electrons. The summed E-state index contributed by atoms with van der Waals surface area (Å²) in [5, 5.41) is 9.35. The summed E-state index contributed by atoms with van der Waals surface area (Å²) >= 11 is 0. The molecule has 5 nitrogen and oxygen atoms in total. The highest BCUT2D eigenvalue weighted by molar-refractivity contribution is 5.88. The Kier molecular flexibility index (Phi) is 7.50. The maximum absolute atomic E-state index is 9.35. The Morgan fingerprint density at radius 1 is 0.354 bits per heavy atom. The van der Waals surface area contributed by atoms with E-state index in [4.69, 9.17) is 19.9 Å². The van der Waals surface area contributed by atoms with Crippen LogP contribution in [-0.4, -0.2) is 19.9 Å². The molecule has 0 spiro atoms. The van der Waals surface area contributed by atoms with Crippen LogP contribution in [0.5, 0.6) is 0 Å². The molecule has 6 aromatic carbocycles. The maximum Gasteiger partial charge on any atom is 0.160 e. The number of rotatable bonds is 6. The van der Waals surface area contributed by atoms with Crippen LogP contribution in [-0.2, 0) is 0 Å². The standard InChI is InChI=1S/C43H27N5/c44-28-29-21-23-31(24-22-29)41-42(46-38-20-8-7-19-37(38)45-41)36-18-10-16-34(26-36)33-15-9-17-35(25-33)40-27-39(30-11-3-1-4-12-30)47-43(48-40)32-13-5-2-6-14-32/h1-27H. The van der Waals surface area contributed by atoms with Crippen molar-refractivity contribution in [2.24, 2.45) is 0 Å². The molecule has 0 fully saturated rings.